The first-order valence-electron chi connectivity index (χ1n) is 7.36. The second-order valence-electron chi connectivity index (χ2n) is 5.34. The van der Waals surface area contributed by atoms with E-state index < -0.39 is 0 Å². The minimum atomic E-state index is 0.456. The van der Waals surface area contributed by atoms with Gasteiger partial charge < -0.3 is 9.30 Å². The van der Waals surface area contributed by atoms with Crippen LogP contribution in [0.3, 0.4) is 0 Å². The molecule has 0 saturated heterocycles. The zero-order valence-electron chi connectivity index (χ0n) is 12.8. The van der Waals surface area contributed by atoms with Crippen LogP contribution in [0.15, 0.2) is 65.7 Å². The molecule has 0 aliphatic heterocycles. The fraction of sp³-hybridized carbons (Fsp3) is 0.0556. The molecule has 4 aromatic rings. The maximum absolute atomic E-state index is 5.88. The summed E-state index contributed by atoms with van der Waals surface area (Å²) in [6.45, 7) is 0. The highest BCUT2D eigenvalue weighted by atomic mass is 79.9. The van der Waals surface area contributed by atoms with E-state index in [2.05, 4.69) is 43.0 Å². The van der Waals surface area contributed by atoms with E-state index in [9.17, 15) is 0 Å². The summed E-state index contributed by atoms with van der Waals surface area (Å²) in [6.07, 6.45) is 3.18. The molecular weight excluding hydrogens is 368 g/mol. The maximum atomic E-state index is 5.88. The summed E-state index contributed by atoms with van der Waals surface area (Å²) in [4.78, 5) is 12.7. The van der Waals surface area contributed by atoms with Gasteiger partial charge in [0, 0.05) is 11.5 Å². The van der Waals surface area contributed by atoms with Gasteiger partial charge >= 0.3 is 0 Å². The summed E-state index contributed by atoms with van der Waals surface area (Å²) in [7, 11) is 1.89. The van der Waals surface area contributed by atoms with E-state index in [1.807, 2.05) is 48.0 Å². The van der Waals surface area contributed by atoms with E-state index in [1.165, 1.54) is 6.33 Å². The lowest BCUT2D eigenvalue weighted by atomic mass is 10.1. The highest BCUT2D eigenvalue weighted by molar-refractivity contribution is 9.10. The van der Waals surface area contributed by atoms with Crippen molar-refractivity contribution in [2.24, 2.45) is 7.05 Å². The third-order valence-corrected chi connectivity index (χ3v) is 4.24. The fourth-order valence-corrected chi connectivity index (χ4v) is 2.73. The molecule has 0 aliphatic rings. The topological polar surface area (TPSA) is 52.8 Å². The van der Waals surface area contributed by atoms with Crippen LogP contribution in [-0.4, -0.2) is 19.5 Å². The first-order valence-corrected chi connectivity index (χ1v) is 8.16. The van der Waals surface area contributed by atoms with Crippen LogP contribution in [0, 0.1) is 0 Å². The lowest BCUT2D eigenvalue weighted by Gasteiger charge is -2.07. The van der Waals surface area contributed by atoms with E-state index in [4.69, 9.17) is 4.74 Å². The highest BCUT2D eigenvalue weighted by Gasteiger charge is 2.10. The zero-order chi connectivity index (χ0) is 16.5. The Bertz CT molecular complexity index is 994. The third-order valence-electron chi connectivity index (χ3n) is 3.71. The normalized spacial score (nSPS) is 10.9. The molecule has 2 aromatic carbocycles. The van der Waals surface area contributed by atoms with Gasteiger partial charge in [0.15, 0.2) is 11.2 Å². The van der Waals surface area contributed by atoms with Crippen LogP contribution in [0.25, 0.3) is 22.3 Å². The number of hydrogen-bond acceptors (Lipinski definition) is 4. The Balaban J connectivity index is 1.62. The Labute approximate surface area is 147 Å². The molecule has 0 radical (unpaired) electrons. The molecule has 0 atom stereocenters. The molecule has 118 valence electrons. The number of aromatic nitrogens is 4. The summed E-state index contributed by atoms with van der Waals surface area (Å²) >= 11 is 3.45. The van der Waals surface area contributed by atoms with E-state index in [1.54, 1.807) is 6.33 Å². The molecule has 0 spiro atoms. The van der Waals surface area contributed by atoms with Crippen molar-refractivity contribution in [1.29, 1.82) is 0 Å². The second kappa shape index (κ2) is 6.05. The molecular formula is C18H13BrN4O. The number of fused-ring (bicyclic) bond motifs is 1. The first-order chi connectivity index (χ1) is 11.7. The van der Waals surface area contributed by atoms with Crippen molar-refractivity contribution in [2.45, 2.75) is 0 Å². The number of aryl methyl sites for hydroxylation is 1. The Morgan fingerprint density at radius 1 is 0.875 bits per heavy atom. The second-order valence-corrected chi connectivity index (χ2v) is 6.26. The summed E-state index contributed by atoms with van der Waals surface area (Å²) < 4.78 is 8.78. The van der Waals surface area contributed by atoms with Crippen LogP contribution >= 0.6 is 15.9 Å². The molecule has 2 aromatic heterocycles. The monoisotopic (exact) mass is 380 g/mol. The van der Waals surface area contributed by atoms with Gasteiger partial charge in [-0.15, -0.1) is 0 Å². The molecule has 0 bridgehead atoms. The van der Waals surface area contributed by atoms with Gasteiger partial charge in [0.2, 0.25) is 0 Å². The molecule has 0 saturated carbocycles. The van der Waals surface area contributed by atoms with Crippen molar-refractivity contribution >= 4 is 27.1 Å². The molecule has 2 heterocycles. The van der Waals surface area contributed by atoms with Crippen LogP contribution < -0.4 is 4.74 Å². The fourth-order valence-electron chi connectivity index (χ4n) is 2.47. The van der Waals surface area contributed by atoms with Gasteiger partial charge in [0.05, 0.1) is 6.33 Å². The molecule has 0 amide bonds. The van der Waals surface area contributed by atoms with Crippen molar-refractivity contribution in [3.05, 3.63) is 65.7 Å². The average Bonchev–Trinajstić information content (AvgIpc) is 2.99. The highest BCUT2D eigenvalue weighted by Crippen LogP contribution is 2.28. The number of imidazole rings is 1. The van der Waals surface area contributed by atoms with Gasteiger partial charge in [-0.2, -0.15) is 4.98 Å². The molecule has 6 heteroatoms. The molecule has 0 unspecified atom stereocenters. The molecule has 5 nitrogen and oxygen atoms in total. The van der Waals surface area contributed by atoms with Crippen molar-refractivity contribution in [3.8, 4) is 22.8 Å². The largest absolute Gasteiger partial charge is 0.437 e. The Morgan fingerprint density at radius 3 is 2.25 bits per heavy atom. The van der Waals surface area contributed by atoms with E-state index in [-0.39, 0.29) is 0 Å². The minimum Gasteiger partial charge on any atom is -0.437 e. The van der Waals surface area contributed by atoms with E-state index in [0.717, 1.165) is 21.2 Å². The quantitative estimate of drug-likeness (QED) is 0.521. The average molecular weight is 381 g/mol. The summed E-state index contributed by atoms with van der Waals surface area (Å²) in [6, 6.07) is 16.1. The smallest absolute Gasteiger partial charge is 0.250 e. The van der Waals surface area contributed by atoms with Crippen molar-refractivity contribution in [3.63, 3.8) is 0 Å². The van der Waals surface area contributed by atoms with Crippen molar-refractivity contribution in [1.82, 2.24) is 19.5 Å². The van der Waals surface area contributed by atoms with E-state index >= 15 is 0 Å². The Hall–Kier alpha value is -2.73. The predicted octanol–water partition coefficient (Wildman–Crippen LogP) is 4.59. The number of nitrogens with zero attached hydrogens (tertiary/aromatic N) is 4. The lowest BCUT2D eigenvalue weighted by molar-refractivity contribution is 0.467. The van der Waals surface area contributed by atoms with Crippen LogP contribution in [0.4, 0.5) is 0 Å². The molecule has 0 fully saturated rings. The number of hydrogen-bond donors (Lipinski definition) is 0. The zero-order valence-corrected chi connectivity index (χ0v) is 14.4. The van der Waals surface area contributed by atoms with Crippen LogP contribution in [0.5, 0.6) is 11.6 Å². The van der Waals surface area contributed by atoms with Crippen LogP contribution in [-0.2, 0) is 7.05 Å². The molecule has 24 heavy (non-hydrogen) atoms. The number of ether oxygens (including phenoxy) is 1. The van der Waals surface area contributed by atoms with Crippen molar-refractivity contribution < 1.29 is 4.74 Å². The van der Waals surface area contributed by atoms with Crippen LogP contribution in [0.1, 0.15) is 0 Å². The molecule has 0 N–H and O–H groups in total. The maximum Gasteiger partial charge on any atom is 0.250 e. The van der Waals surface area contributed by atoms with Gasteiger partial charge in [0.25, 0.3) is 5.88 Å². The van der Waals surface area contributed by atoms with Crippen LogP contribution in [0.2, 0.25) is 0 Å². The van der Waals surface area contributed by atoms with Gasteiger partial charge in [-0.25, -0.2) is 9.97 Å². The summed E-state index contributed by atoms with van der Waals surface area (Å²) in [5.41, 5.74) is 3.67. The number of benzene rings is 2. The molecule has 0 aliphatic carbocycles. The predicted molar refractivity (Wildman–Crippen MR) is 96.0 cm³/mol. The third kappa shape index (κ3) is 2.76. The Kier molecular flexibility index (Phi) is 3.74. The molecule has 4 rings (SSSR count). The summed E-state index contributed by atoms with van der Waals surface area (Å²) in [5, 5.41) is 0. The number of halogens is 1. The lowest BCUT2D eigenvalue weighted by Crippen LogP contribution is -1.93. The summed E-state index contributed by atoms with van der Waals surface area (Å²) in [5.74, 6) is 1.17. The van der Waals surface area contributed by atoms with Gasteiger partial charge in [-0.05, 0) is 35.4 Å². The van der Waals surface area contributed by atoms with Gasteiger partial charge in [0.1, 0.15) is 12.1 Å². The van der Waals surface area contributed by atoms with E-state index in [0.29, 0.717) is 17.1 Å². The minimum absolute atomic E-state index is 0.456. The standard InChI is InChI=1S/C18H13BrN4O/c1-23-11-22-16-17(23)20-10-21-18(16)24-15-8-4-13(5-9-15)12-2-6-14(19)7-3-12/h2-11H,1H3. The first kappa shape index (κ1) is 14.8. The van der Waals surface area contributed by atoms with Gasteiger partial charge in [-0.3, -0.25) is 0 Å². The number of rotatable bonds is 3. The SMILES string of the molecule is Cn1cnc2c(Oc3ccc(-c4ccc(Br)cc4)cc3)ncnc21. The Morgan fingerprint density at radius 2 is 1.54 bits per heavy atom. The van der Waals surface area contributed by atoms with Gasteiger partial charge in [-0.1, -0.05) is 40.2 Å². The van der Waals surface area contributed by atoms with Crippen molar-refractivity contribution in [2.75, 3.05) is 0 Å².